The molecule has 0 unspecified atom stereocenters. The van der Waals surface area contributed by atoms with E-state index in [1.807, 2.05) is 6.20 Å². The van der Waals surface area contributed by atoms with Gasteiger partial charge in [-0.25, -0.2) is 0 Å². The Balaban J connectivity index is 1.95. The summed E-state index contributed by atoms with van der Waals surface area (Å²) in [5.41, 5.74) is 1.38. The van der Waals surface area contributed by atoms with Crippen LogP contribution in [0.3, 0.4) is 0 Å². The molecule has 14 heavy (non-hydrogen) atoms. The predicted molar refractivity (Wildman–Crippen MR) is 58.2 cm³/mol. The topological polar surface area (TPSA) is 17.8 Å². The molecule has 0 aliphatic heterocycles. The summed E-state index contributed by atoms with van der Waals surface area (Å²) < 4.78 is 2.20. The number of hydrogen-bond acceptors (Lipinski definition) is 1. The van der Waals surface area contributed by atoms with Crippen molar-refractivity contribution in [3.05, 3.63) is 18.0 Å². The van der Waals surface area contributed by atoms with Gasteiger partial charge in [0.15, 0.2) is 0 Å². The maximum Gasteiger partial charge on any atom is 0.0492 e. The van der Waals surface area contributed by atoms with Crippen molar-refractivity contribution in [3.8, 4) is 0 Å². The largest absolute Gasteiger partial charge is 0.269 e. The molecule has 2 nitrogen and oxygen atoms in total. The van der Waals surface area contributed by atoms with E-state index >= 15 is 0 Å². The summed E-state index contributed by atoms with van der Waals surface area (Å²) in [5, 5.41) is 4.40. The van der Waals surface area contributed by atoms with Crippen molar-refractivity contribution in [1.82, 2.24) is 9.78 Å². The first-order valence-electron chi connectivity index (χ1n) is 5.91. The van der Waals surface area contributed by atoms with Gasteiger partial charge in [-0.15, -0.1) is 0 Å². The van der Waals surface area contributed by atoms with Gasteiger partial charge in [0.05, 0.1) is 0 Å². The summed E-state index contributed by atoms with van der Waals surface area (Å²) in [6.07, 6.45) is 10.1. The van der Waals surface area contributed by atoms with Gasteiger partial charge in [0.25, 0.3) is 0 Å². The minimum absolute atomic E-state index is 0.883. The predicted octanol–water partition coefficient (Wildman–Crippen LogP) is 3.03. The molecule has 2 rings (SSSR count). The zero-order valence-corrected chi connectivity index (χ0v) is 9.08. The highest BCUT2D eigenvalue weighted by Crippen LogP contribution is 2.25. The molecule has 1 aromatic rings. The van der Waals surface area contributed by atoms with Crippen LogP contribution in [0.4, 0.5) is 0 Å². The second-order valence-corrected chi connectivity index (χ2v) is 4.36. The second kappa shape index (κ2) is 4.63. The number of hydrogen-bond donors (Lipinski definition) is 0. The molecule has 0 amide bonds. The molecule has 0 aromatic carbocycles. The van der Waals surface area contributed by atoms with Crippen molar-refractivity contribution in [2.24, 2.45) is 5.92 Å². The molecular formula is C12H20N2. The van der Waals surface area contributed by atoms with E-state index in [2.05, 4.69) is 22.8 Å². The van der Waals surface area contributed by atoms with E-state index < -0.39 is 0 Å². The number of nitrogens with zero attached hydrogens (tertiary/aromatic N) is 2. The molecule has 0 bridgehead atoms. The Morgan fingerprint density at radius 3 is 2.86 bits per heavy atom. The van der Waals surface area contributed by atoms with Crippen LogP contribution in [-0.2, 0) is 13.0 Å². The third-order valence-corrected chi connectivity index (χ3v) is 3.32. The summed E-state index contributed by atoms with van der Waals surface area (Å²) in [7, 11) is 0. The van der Waals surface area contributed by atoms with Gasteiger partial charge in [-0.1, -0.05) is 26.2 Å². The second-order valence-electron chi connectivity index (χ2n) is 4.36. The average molecular weight is 192 g/mol. The zero-order chi connectivity index (χ0) is 9.80. The standard InChI is InChI=1S/C12H20N2/c1-2-12-8-9-13-14(12)10-11-6-4-3-5-7-11/h8-9,11H,2-7,10H2,1H3. The highest BCUT2D eigenvalue weighted by molar-refractivity contribution is 4.99. The number of rotatable bonds is 3. The first-order valence-corrected chi connectivity index (χ1v) is 5.91. The Morgan fingerprint density at radius 1 is 1.36 bits per heavy atom. The molecule has 0 atom stereocenters. The van der Waals surface area contributed by atoms with Crippen molar-refractivity contribution in [2.75, 3.05) is 0 Å². The maximum atomic E-state index is 4.40. The van der Waals surface area contributed by atoms with Gasteiger partial charge >= 0.3 is 0 Å². The van der Waals surface area contributed by atoms with Crippen molar-refractivity contribution in [2.45, 2.75) is 52.0 Å². The molecule has 0 saturated heterocycles. The van der Waals surface area contributed by atoms with Gasteiger partial charge < -0.3 is 0 Å². The summed E-state index contributed by atoms with van der Waals surface area (Å²) in [6, 6.07) is 2.14. The van der Waals surface area contributed by atoms with E-state index in [-0.39, 0.29) is 0 Å². The van der Waals surface area contributed by atoms with E-state index in [0.29, 0.717) is 0 Å². The Kier molecular flexibility index (Phi) is 3.22. The van der Waals surface area contributed by atoms with Gasteiger partial charge in [-0.3, -0.25) is 4.68 Å². The molecule has 2 heteroatoms. The molecule has 0 N–H and O–H groups in total. The van der Waals surface area contributed by atoms with Crippen LogP contribution >= 0.6 is 0 Å². The Hall–Kier alpha value is -0.790. The van der Waals surface area contributed by atoms with Gasteiger partial charge in [0.1, 0.15) is 0 Å². The molecule has 1 fully saturated rings. The van der Waals surface area contributed by atoms with E-state index in [4.69, 9.17) is 0 Å². The fraction of sp³-hybridized carbons (Fsp3) is 0.750. The molecule has 1 heterocycles. The van der Waals surface area contributed by atoms with Gasteiger partial charge in [-0.05, 0) is 31.2 Å². The van der Waals surface area contributed by atoms with E-state index in [1.54, 1.807) is 0 Å². The van der Waals surface area contributed by atoms with E-state index in [0.717, 1.165) is 18.9 Å². The summed E-state index contributed by atoms with van der Waals surface area (Å²) in [6.45, 7) is 3.35. The first-order chi connectivity index (χ1) is 6.90. The summed E-state index contributed by atoms with van der Waals surface area (Å²) in [4.78, 5) is 0. The molecule has 0 radical (unpaired) electrons. The Labute approximate surface area is 86.3 Å². The van der Waals surface area contributed by atoms with Crippen LogP contribution in [0.2, 0.25) is 0 Å². The molecule has 0 spiro atoms. The Morgan fingerprint density at radius 2 is 2.14 bits per heavy atom. The lowest BCUT2D eigenvalue weighted by Gasteiger charge is -2.22. The lowest BCUT2D eigenvalue weighted by molar-refractivity contribution is 0.305. The fourth-order valence-corrected chi connectivity index (χ4v) is 2.44. The van der Waals surface area contributed by atoms with Gasteiger partial charge in [0, 0.05) is 18.4 Å². The molecule has 1 aliphatic carbocycles. The van der Waals surface area contributed by atoms with Gasteiger partial charge in [0.2, 0.25) is 0 Å². The van der Waals surface area contributed by atoms with Crippen molar-refractivity contribution in [3.63, 3.8) is 0 Å². The minimum atomic E-state index is 0.883. The zero-order valence-electron chi connectivity index (χ0n) is 9.08. The average Bonchev–Trinajstić information content (AvgIpc) is 2.67. The summed E-state index contributed by atoms with van der Waals surface area (Å²) >= 11 is 0. The summed E-state index contributed by atoms with van der Waals surface area (Å²) in [5.74, 6) is 0.883. The Bertz CT molecular complexity index is 272. The minimum Gasteiger partial charge on any atom is -0.269 e. The normalized spacial score (nSPS) is 18.6. The number of aromatic nitrogens is 2. The molecule has 1 aliphatic rings. The van der Waals surface area contributed by atoms with Crippen LogP contribution in [0.15, 0.2) is 12.3 Å². The van der Waals surface area contributed by atoms with Crippen LogP contribution in [0, 0.1) is 5.92 Å². The van der Waals surface area contributed by atoms with Crippen LogP contribution in [-0.4, -0.2) is 9.78 Å². The van der Waals surface area contributed by atoms with Crippen LogP contribution in [0.1, 0.15) is 44.7 Å². The van der Waals surface area contributed by atoms with Crippen molar-refractivity contribution in [1.29, 1.82) is 0 Å². The van der Waals surface area contributed by atoms with Crippen molar-refractivity contribution >= 4 is 0 Å². The lowest BCUT2D eigenvalue weighted by atomic mass is 9.89. The third kappa shape index (κ3) is 2.17. The van der Waals surface area contributed by atoms with Crippen LogP contribution in [0.5, 0.6) is 0 Å². The third-order valence-electron chi connectivity index (χ3n) is 3.32. The highest BCUT2D eigenvalue weighted by atomic mass is 15.3. The SMILES string of the molecule is CCc1ccnn1CC1CCCCC1. The first kappa shape index (κ1) is 9.75. The molecule has 78 valence electrons. The highest BCUT2D eigenvalue weighted by Gasteiger charge is 2.14. The fourth-order valence-electron chi connectivity index (χ4n) is 2.44. The number of aryl methyl sites for hydroxylation is 1. The quantitative estimate of drug-likeness (QED) is 0.719. The molecule has 1 saturated carbocycles. The molecular weight excluding hydrogens is 172 g/mol. The lowest BCUT2D eigenvalue weighted by Crippen LogP contribution is -2.16. The van der Waals surface area contributed by atoms with E-state index in [1.165, 1.54) is 37.8 Å². The maximum absolute atomic E-state index is 4.40. The smallest absolute Gasteiger partial charge is 0.0492 e. The van der Waals surface area contributed by atoms with Gasteiger partial charge in [-0.2, -0.15) is 5.10 Å². The van der Waals surface area contributed by atoms with Crippen molar-refractivity contribution < 1.29 is 0 Å². The monoisotopic (exact) mass is 192 g/mol. The molecule has 1 aromatic heterocycles. The van der Waals surface area contributed by atoms with E-state index in [9.17, 15) is 0 Å². The van der Waals surface area contributed by atoms with Crippen LogP contribution < -0.4 is 0 Å². The van der Waals surface area contributed by atoms with Crippen LogP contribution in [0.25, 0.3) is 0 Å².